The van der Waals surface area contributed by atoms with Crippen LogP contribution in [0.3, 0.4) is 0 Å². The quantitative estimate of drug-likeness (QED) is 0.325. The molecule has 0 N–H and O–H groups in total. The molecule has 4 heteroatoms. The molecular formula is C31H47NO3. The number of nitrogens with zero attached hydrogens (tertiary/aromatic N) is 1. The first-order valence-electron chi connectivity index (χ1n) is 12.9. The van der Waals surface area contributed by atoms with E-state index in [1.807, 2.05) is 18.2 Å². The van der Waals surface area contributed by atoms with Crippen molar-refractivity contribution in [1.82, 2.24) is 0 Å². The van der Waals surface area contributed by atoms with Crippen molar-refractivity contribution < 1.29 is 14.3 Å². The van der Waals surface area contributed by atoms with Gasteiger partial charge in [0, 0.05) is 11.8 Å². The number of rotatable bonds is 3. The SMILES string of the molecule is COC(=O)C12C(C(C)(C)C)=C(C(C)(C)C)C1(C(C)(C)C)OC(CC(C)(C)C)=NC2c1ccccc1. The third kappa shape index (κ3) is 4.05. The molecule has 3 unspecified atom stereocenters. The van der Waals surface area contributed by atoms with Crippen LogP contribution in [0.1, 0.15) is 101 Å². The molecule has 1 aromatic rings. The first kappa shape index (κ1) is 27.5. The summed E-state index contributed by atoms with van der Waals surface area (Å²) in [7, 11) is 1.50. The molecule has 0 radical (unpaired) electrons. The molecule has 1 aliphatic carbocycles. The summed E-state index contributed by atoms with van der Waals surface area (Å²) in [5.74, 6) is 0.452. The van der Waals surface area contributed by atoms with Gasteiger partial charge in [-0.25, -0.2) is 4.99 Å². The van der Waals surface area contributed by atoms with Gasteiger partial charge in [-0.05, 0) is 33.0 Å². The van der Waals surface area contributed by atoms with Crippen molar-refractivity contribution in [1.29, 1.82) is 0 Å². The molecule has 35 heavy (non-hydrogen) atoms. The third-order valence-corrected chi connectivity index (χ3v) is 7.37. The fourth-order valence-electron chi connectivity index (χ4n) is 6.59. The molecular weight excluding hydrogens is 434 g/mol. The van der Waals surface area contributed by atoms with Gasteiger partial charge >= 0.3 is 5.97 Å². The molecule has 1 aliphatic heterocycles. The van der Waals surface area contributed by atoms with Crippen LogP contribution < -0.4 is 0 Å². The zero-order chi connectivity index (χ0) is 26.8. The van der Waals surface area contributed by atoms with Crippen molar-refractivity contribution in [2.45, 2.75) is 101 Å². The van der Waals surface area contributed by atoms with E-state index in [2.05, 4.69) is 95.2 Å². The molecule has 194 valence electrons. The summed E-state index contributed by atoms with van der Waals surface area (Å²) in [6, 6.07) is 9.78. The molecule has 0 spiro atoms. The topological polar surface area (TPSA) is 47.9 Å². The molecule has 2 aliphatic rings. The van der Waals surface area contributed by atoms with Crippen molar-refractivity contribution in [3.8, 4) is 0 Å². The average molecular weight is 482 g/mol. The lowest BCUT2D eigenvalue weighted by atomic mass is 9.36. The van der Waals surface area contributed by atoms with Crippen molar-refractivity contribution in [3.05, 3.63) is 47.0 Å². The summed E-state index contributed by atoms with van der Waals surface area (Å²) >= 11 is 0. The predicted octanol–water partition coefficient (Wildman–Crippen LogP) is 7.94. The van der Waals surface area contributed by atoms with E-state index in [0.29, 0.717) is 6.42 Å². The Labute approximate surface area is 213 Å². The number of aliphatic imine (C=N–C) groups is 1. The maximum absolute atomic E-state index is 14.3. The largest absolute Gasteiger partial charge is 0.468 e. The van der Waals surface area contributed by atoms with E-state index in [0.717, 1.165) is 17.0 Å². The zero-order valence-electron chi connectivity index (χ0n) is 24.3. The van der Waals surface area contributed by atoms with Crippen LogP contribution in [0.25, 0.3) is 0 Å². The minimum atomic E-state index is -1.08. The van der Waals surface area contributed by atoms with E-state index in [1.165, 1.54) is 12.7 Å². The Morgan fingerprint density at radius 3 is 1.80 bits per heavy atom. The monoisotopic (exact) mass is 481 g/mol. The highest BCUT2D eigenvalue weighted by Gasteiger charge is 2.82. The Balaban J connectivity index is 2.58. The second-order valence-corrected chi connectivity index (χ2v) is 14.7. The summed E-state index contributed by atoms with van der Waals surface area (Å²) in [4.78, 5) is 19.6. The molecule has 0 saturated carbocycles. The summed E-state index contributed by atoms with van der Waals surface area (Å²) in [6.07, 6.45) is 0.688. The number of hydrogen-bond acceptors (Lipinski definition) is 4. The number of esters is 1. The fourth-order valence-corrected chi connectivity index (χ4v) is 6.59. The van der Waals surface area contributed by atoms with Gasteiger partial charge in [-0.2, -0.15) is 0 Å². The Bertz CT molecular complexity index is 1040. The Kier molecular flexibility index (Phi) is 6.45. The van der Waals surface area contributed by atoms with Gasteiger partial charge in [0.05, 0.1) is 7.11 Å². The van der Waals surface area contributed by atoms with Crippen LogP contribution in [0.5, 0.6) is 0 Å². The minimum absolute atomic E-state index is 0.0212. The molecule has 4 nitrogen and oxygen atoms in total. The molecule has 1 heterocycles. The Hall–Kier alpha value is -2.10. The third-order valence-electron chi connectivity index (χ3n) is 7.37. The molecule has 0 saturated heterocycles. The van der Waals surface area contributed by atoms with Crippen LogP contribution in [0.2, 0.25) is 0 Å². The number of ether oxygens (including phenoxy) is 2. The fraction of sp³-hybridized carbons (Fsp3) is 0.677. The van der Waals surface area contributed by atoms with E-state index in [-0.39, 0.29) is 22.2 Å². The van der Waals surface area contributed by atoms with Gasteiger partial charge in [0.25, 0.3) is 0 Å². The van der Waals surface area contributed by atoms with Crippen LogP contribution in [0.15, 0.2) is 46.5 Å². The van der Waals surface area contributed by atoms with Crippen LogP contribution in [0, 0.1) is 27.1 Å². The minimum Gasteiger partial charge on any atom is -0.468 e. The number of carbonyl (C=O) groups excluding carboxylic acids is 1. The zero-order valence-corrected chi connectivity index (χ0v) is 24.3. The highest BCUT2D eigenvalue weighted by atomic mass is 16.5. The first-order chi connectivity index (χ1) is 15.7. The molecule has 3 rings (SSSR count). The van der Waals surface area contributed by atoms with Gasteiger partial charge < -0.3 is 9.47 Å². The number of methoxy groups -OCH3 is 1. The molecule has 0 bridgehead atoms. The van der Waals surface area contributed by atoms with Crippen LogP contribution in [-0.2, 0) is 14.3 Å². The molecule has 0 aromatic heterocycles. The van der Waals surface area contributed by atoms with Gasteiger partial charge in [-0.1, -0.05) is 113 Å². The lowest BCUT2D eigenvalue weighted by molar-refractivity contribution is -0.203. The average Bonchev–Trinajstić information content (AvgIpc) is 2.65. The second kappa shape index (κ2) is 8.21. The van der Waals surface area contributed by atoms with Crippen LogP contribution >= 0.6 is 0 Å². The van der Waals surface area contributed by atoms with Gasteiger partial charge in [0.15, 0.2) is 16.9 Å². The van der Waals surface area contributed by atoms with Gasteiger partial charge in [-0.15, -0.1) is 0 Å². The number of fused-ring (bicyclic) bond motifs is 1. The van der Waals surface area contributed by atoms with Crippen molar-refractivity contribution in [3.63, 3.8) is 0 Å². The van der Waals surface area contributed by atoms with E-state index in [4.69, 9.17) is 14.5 Å². The number of benzene rings is 1. The van der Waals surface area contributed by atoms with Gasteiger partial charge in [0.1, 0.15) is 6.04 Å². The second-order valence-electron chi connectivity index (χ2n) is 14.7. The summed E-state index contributed by atoms with van der Waals surface area (Å²) in [5.41, 5.74) is 0.385. The Morgan fingerprint density at radius 2 is 1.40 bits per heavy atom. The summed E-state index contributed by atoms with van der Waals surface area (Å²) in [5, 5.41) is 0. The van der Waals surface area contributed by atoms with Crippen molar-refractivity contribution in [2.24, 2.45) is 32.1 Å². The van der Waals surface area contributed by atoms with Gasteiger partial charge in [0.2, 0.25) is 0 Å². The lowest BCUT2D eigenvalue weighted by Crippen LogP contribution is -2.77. The standard InChI is InChI=1S/C31H47NO3/c1-26(2,3)19-21-32-24(20-17-15-14-16-18-20)30(25(33)34-13)22(27(4,5)6)23(28(7,8)9)31(30,35-21)29(10,11)12/h14-18,24H,19H2,1-13H3. The molecule has 0 amide bonds. The molecule has 3 atom stereocenters. The normalized spacial score (nSPS) is 27.5. The van der Waals surface area contributed by atoms with Gasteiger partial charge in [-0.3, -0.25) is 4.79 Å². The highest BCUT2D eigenvalue weighted by Crippen LogP contribution is 2.76. The van der Waals surface area contributed by atoms with Crippen molar-refractivity contribution in [2.75, 3.05) is 7.11 Å². The predicted molar refractivity (Wildman–Crippen MR) is 144 cm³/mol. The van der Waals surface area contributed by atoms with Crippen LogP contribution in [0.4, 0.5) is 0 Å². The smallest absolute Gasteiger partial charge is 0.323 e. The number of hydrogen-bond donors (Lipinski definition) is 0. The summed E-state index contributed by atoms with van der Waals surface area (Å²) in [6.45, 7) is 26.5. The van der Waals surface area contributed by atoms with Crippen LogP contribution in [-0.4, -0.2) is 24.6 Å². The van der Waals surface area contributed by atoms with E-state index < -0.39 is 22.5 Å². The highest BCUT2D eigenvalue weighted by molar-refractivity contribution is 5.94. The van der Waals surface area contributed by atoms with E-state index in [1.54, 1.807) is 0 Å². The number of carbonyl (C=O) groups is 1. The van der Waals surface area contributed by atoms with E-state index >= 15 is 0 Å². The Morgan fingerprint density at radius 1 is 0.886 bits per heavy atom. The summed E-state index contributed by atoms with van der Waals surface area (Å²) < 4.78 is 12.8. The molecule has 1 aromatic carbocycles. The van der Waals surface area contributed by atoms with E-state index in [9.17, 15) is 4.79 Å². The molecule has 0 fully saturated rings. The van der Waals surface area contributed by atoms with Crippen molar-refractivity contribution >= 4 is 11.9 Å². The lowest BCUT2D eigenvalue weighted by Gasteiger charge is -2.71. The maximum Gasteiger partial charge on any atom is 0.323 e. The first-order valence-corrected chi connectivity index (χ1v) is 12.9. The maximum atomic E-state index is 14.3.